The molecule has 1 aliphatic heterocycles. The average molecular weight is 499 g/mol. The summed E-state index contributed by atoms with van der Waals surface area (Å²) in [5.41, 5.74) is 0.317. The fraction of sp³-hybridized carbons (Fsp3) is 0.400. The topological polar surface area (TPSA) is 116 Å². The van der Waals surface area contributed by atoms with Crippen LogP contribution in [0.25, 0.3) is 0 Å². The van der Waals surface area contributed by atoms with Gasteiger partial charge in [0.15, 0.2) is 0 Å². The summed E-state index contributed by atoms with van der Waals surface area (Å²) in [7, 11) is -2.21. The zero-order valence-corrected chi connectivity index (χ0v) is 20.7. The molecule has 1 spiro atoms. The molecule has 1 saturated carbocycles. The molecule has 0 unspecified atom stereocenters. The highest BCUT2D eigenvalue weighted by Gasteiger charge is 2.55. The molecule has 1 aliphatic carbocycles. The van der Waals surface area contributed by atoms with Crippen LogP contribution in [0.1, 0.15) is 38.2 Å². The summed E-state index contributed by atoms with van der Waals surface area (Å²) in [6.45, 7) is 1.78. The van der Waals surface area contributed by atoms with Gasteiger partial charge in [0.05, 0.1) is 4.90 Å². The molecule has 0 bridgehead atoms. The van der Waals surface area contributed by atoms with Gasteiger partial charge < -0.3 is 10.6 Å². The summed E-state index contributed by atoms with van der Waals surface area (Å²) < 4.78 is 27.1. The molecule has 0 radical (unpaired) electrons. The van der Waals surface area contributed by atoms with Gasteiger partial charge in [0.1, 0.15) is 12.1 Å². The van der Waals surface area contributed by atoms with E-state index in [0.717, 1.165) is 29.7 Å². The number of imide groups is 1. The molecule has 0 aromatic heterocycles. The molecule has 9 nitrogen and oxygen atoms in total. The van der Waals surface area contributed by atoms with Gasteiger partial charge in [-0.2, -0.15) is 4.31 Å². The fourth-order valence-electron chi connectivity index (χ4n) is 4.80. The van der Waals surface area contributed by atoms with Gasteiger partial charge >= 0.3 is 6.03 Å². The van der Waals surface area contributed by atoms with Crippen molar-refractivity contribution in [3.05, 3.63) is 60.2 Å². The molecule has 1 saturated heterocycles. The number of hydrogen-bond donors (Lipinski definition) is 2. The van der Waals surface area contributed by atoms with E-state index < -0.39 is 34.0 Å². The largest absolute Gasteiger partial charge is 0.325 e. The third-order valence-electron chi connectivity index (χ3n) is 6.90. The van der Waals surface area contributed by atoms with Crippen LogP contribution in [-0.2, 0) is 26.2 Å². The zero-order valence-electron chi connectivity index (χ0n) is 19.9. The Labute approximate surface area is 205 Å². The lowest BCUT2D eigenvalue weighted by Crippen LogP contribution is -2.54. The maximum Gasteiger partial charge on any atom is 0.325 e. The van der Waals surface area contributed by atoms with E-state index in [-0.39, 0.29) is 23.3 Å². The van der Waals surface area contributed by atoms with Gasteiger partial charge in [-0.3, -0.25) is 14.5 Å². The number of anilines is 1. The highest BCUT2D eigenvalue weighted by molar-refractivity contribution is 7.89. The lowest BCUT2D eigenvalue weighted by molar-refractivity contribution is -0.136. The van der Waals surface area contributed by atoms with E-state index in [2.05, 4.69) is 10.6 Å². The van der Waals surface area contributed by atoms with E-state index in [1.165, 1.54) is 35.6 Å². The Hall–Kier alpha value is -3.24. The Morgan fingerprint density at radius 3 is 2.46 bits per heavy atom. The number of carbonyl (C=O) groups excluding carboxylic acids is 3. The van der Waals surface area contributed by atoms with E-state index in [4.69, 9.17) is 0 Å². The maximum absolute atomic E-state index is 13.0. The molecular formula is C25H30N4O5S. The second-order valence-corrected chi connectivity index (χ2v) is 11.3. The van der Waals surface area contributed by atoms with Crippen LogP contribution in [-0.4, -0.2) is 54.6 Å². The quantitative estimate of drug-likeness (QED) is 0.570. The molecule has 2 atom stereocenters. The predicted molar refractivity (Wildman–Crippen MR) is 131 cm³/mol. The van der Waals surface area contributed by atoms with Crippen molar-refractivity contribution < 1.29 is 22.8 Å². The Kier molecular flexibility index (Phi) is 6.95. The van der Waals surface area contributed by atoms with Gasteiger partial charge in [0, 0.05) is 19.3 Å². The predicted octanol–water partition coefficient (Wildman–Crippen LogP) is 2.95. The molecule has 4 rings (SSSR count). The molecule has 1 heterocycles. The Morgan fingerprint density at radius 1 is 1.11 bits per heavy atom. The SMILES string of the molecule is C[C@H]1CCCC[C@@]12NC(=O)N(CC(=O)Nc1ccc(S(=O)(=O)N(C)Cc3ccccc3)cc1)C2=O. The number of rotatable bonds is 7. The summed E-state index contributed by atoms with van der Waals surface area (Å²) in [5, 5.41) is 5.47. The van der Waals surface area contributed by atoms with E-state index in [0.29, 0.717) is 12.1 Å². The van der Waals surface area contributed by atoms with E-state index >= 15 is 0 Å². The first kappa shape index (κ1) is 24.9. The van der Waals surface area contributed by atoms with Crippen LogP contribution in [0.4, 0.5) is 10.5 Å². The number of urea groups is 1. The molecule has 2 aromatic carbocycles. The molecule has 35 heavy (non-hydrogen) atoms. The number of hydrogen-bond acceptors (Lipinski definition) is 5. The molecule has 2 N–H and O–H groups in total. The number of sulfonamides is 1. The van der Waals surface area contributed by atoms with Crippen molar-refractivity contribution in [3.8, 4) is 0 Å². The van der Waals surface area contributed by atoms with Crippen LogP contribution in [0, 0.1) is 5.92 Å². The molecule has 2 aromatic rings. The van der Waals surface area contributed by atoms with E-state index in [1.54, 1.807) is 0 Å². The lowest BCUT2D eigenvalue weighted by atomic mass is 9.73. The first-order chi connectivity index (χ1) is 16.6. The first-order valence-corrected chi connectivity index (χ1v) is 13.1. The van der Waals surface area contributed by atoms with Crippen molar-refractivity contribution in [1.82, 2.24) is 14.5 Å². The molecule has 186 valence electrons. The normalized spacial score (nSPS) is 22.5. The summed E-state index contributed by atoms with van der Waals surface area (Å²) in [4.78, 5) is 39.2. The van der Waals surface area contributed by atoms with E-state index in [1.807, 2.05) is 37.3 Å². The van der Waals surface area contributed by atoms with Crippen LogP contribution in [0.15, 0.2) is 59.5 Å². The molecule has 4 amide bonds. The molecular weight excluding hydrogens is 468 g/mol. The van der Waals surface area contributed by atoms with Crippen LogP contribution in [0.5, 0.6) is 0 Å². The van der Waals surface area contributed by atoms with Gasteiger partial charge in [0.2, 0.25) is 15.9 Å². The van der Waals surface area contributed by atoms with Gasteiger partial charge in [-0.1, -0.05) is 50.1 Å². The second kappa shape index (κ2) is 9.79. The Morgan fingerprint density at radius 2 is 1.80 bits per heavy atom. The van der Waals surface area contributed by atoms with Crippen molar-refractivity contribution in [2.75, 3.05) is 18.9 Å². The van der Waals surface area contributed by atoms with Crippen LogP contribution in [0.2, 0.25) is 0 Å². The third kappa shape index (κ3) is 4.94. The monoisotopic (exact) mass is 498 g/mol. The lowest BCUT2D eigenvalue weighted by Gasteiger charge is -2.36. The molecule has 2 aliphatic rings. The summed E-state index contributed by atoms with van der Waals surface area (Å²) in [6, 6.07) is 14.5. The third-order valence-corrected chi connectivity index (χ3v) is 8.72. The van der Waals surface area contributed by atoms with Crippen molar-refractivity contribution in [2.24, 2.45) is 5.92 Å². The van der Waals surface area contributed by atoms with Crippen molar-refractivity contribution in [1.29, 1.82) is 0 Å². The number of nitrogens with zero attached hydrogens (tertiary/aromatic N) is 2. The van der Waals surface area contributed by atoms with Crippen molar-refractivity contribution >= 4 is 33.6 Å². The van der Waals surface area contributed by atoms with Crippen LogP contribution >= 0.6 is 0 Å². The summed E-state index contributed by atoms with van der Waals surface area (Å²) >= 11 is 0. The number of amides is 4. The Balaban J connectivity index is 1.38. The molecule has 10 heteroatoms. The van der Waals surface area contributed by atoms with Crippen molar-refractivity contribution in [2.45, 2.75) is 49.6 Å². The smallest absolute Gasteiger partial charge is 0.325 e. The van der Waals surface area contributed by atoms with Crippen molar-refractivity contribution in [3.63, 3.8) is 0 Å². The summed E-state index contributed by atoms with van der Waals surface area (Å²) in [5.74, 6) is -0.881. The maximum atomic E-state index is 13.0. The van der Waals surface area contributed by atoms with Crippen LogP contribution < -0.4 is 10.6 Å². The van der Waals surface area contributed by atoms with Gasteiger partial charge in [-0.25, -0.2) is 13.2 Å². The fourth-order valence-corrected chi connectivity index (χ4v) is 5.96. The van der Waals surface area contributed by atoms with Gasteiger partial charge in [-0.15, -0.1) is 0 Å². The standard InChI is InChI=1S/C25H30N4O5S/c1-18-8-6-7-15-25(18)23(31)29(24(32)27-25)17-22(30)26-20-11-13-21(14-12-20)35(33,34)28(2)16-19-9-4-3-5-10-19/h3-5,9-14,18H,6-8,15-17H2,1-2H3,(H,26,30)(H,27,32)/t18-,25+/m0/s1. The minimum Gasteiger partial charge on any atom is -0.325 e. The van der Waals surface area contributed by atoms with Gasteiger partial charge in [-0.05, 0) is 48.6 Å². The highest BCUT2D eigenvalue weighted by Crippen LogP contribution is 2.38. The Bertz CT molecular complexity index is 1220. The molecule has 2 fully saturated rings. The number of nitrogens with one attached hydrogen (secondary N) is 2. The highest BCUT2D eigenvalue weighted by atomic mass is 32.2. The zero-order chi connectivity index (χ0) is 25.2. The van der Waals surface area contributed by atoms with Crippen LogP contribution in [0.3, 0.4) is 0 Å². The average Bonchev–Trinajstić information content (AvgIpc) is 3.06. The van der Waals surface area contributed by atoms with Gasteiger partial charge in [0.25, 0.3) is 5.91 Å². The summed E-state index contributed by atoms with van der Waals surface area (Å²) in [6.07, 6.45) is 3.29. The number of carbonyl (C=O) groups is 3. The first-order valence-electron chi connectivity index (χ1n) is 11.7. The second-order valence-electron chi connectivity index (χ2n) is 9.26. The minimum atomic E-state index is -3.72. The minimum absolute atomic E-state index is 0.00952. The number of benzene rings is 2. The van der Waals surface area contributed by atoms with E-state index in [9.17, 15) is 22.8 Å².